The minimum absolute atomic E-state index is 0.563. The predicted molar refractivity (Wildman–Crippen MR) is 50.5 cm³/mol. The van der Waals surface area contributed by atoms with Gasteiger partial charge in [-0.1, -0.05) is 0 Å². The van der Waals surface area contributed by atoms with Crippen molar-refractivity contribution < 1.29 is 4.79 Å². The van der Waals surface area contributed by atoms with E-state index in [1.807, 2.05) is 0 Å². The summed E-state index contributed by atoms with van der Waals surface area (Å²) in [4.78, 5) is 14.7. The molecule has 1 saturated heterocycles. The molecular weight excluding hydrogens is 168 g/mol. The largest absolute Gasteiger partial charge is 0.327 e. The van der Waals surface area contributed by atoms with E-state index < -0.39 is 0 Å². The van der Waals surface area contributed by atoms with E-state index in [1.165, 1.54) is 0 Å². The molecule has 1 rings (SSSR count). The van der Waals surface area contributed by atoms with Gasteiger partial charge in [-0.25, -0.2) is 5.84 Å². The summed E-state index contributed by atoms with van der Waals surface area (Å²) in [5, 5.41) is 1.07. The van der Waals surface area contributed by atoms with E-state index in [0.29, 0.717) is 6.54 Å². The fourth-order valence-corrected chi connectivity index (χ4v) is 1.37. The first-order valence-corrected chi connectivity index (χ1v) is 4.53. The lowest BCUT2D eigenvalue weighted by atomic mass is 10.3. The van der Waals surface area contributed by atoms with Gasteiger partial charge in [0.05, 0.1) is 6.54 Å². The Kier molecular flexibility index (Phi) is 4.14. The van der Waals surface area contributed by atoms with Crippen LogP contribution in [0.4, 0.5) is 0 Å². The van der Waals surface area contributed by atoms with E-state index in [0.717, 1.165) is 37.7 Å². The van der Waals surface area contributed by atoms with E-state index in [9.17, 15) is 4.79 Å². The van der Waals surface area contributed by atoms with Crippen LogP contribution in [0.1, 0.15) is 0 Å². The summed E-state index contributed by atoms with van der Waals surface area (Å²) in [5.74, 6) is 5.29. The Morgan fingerprint density at radius 2 is 2.00 bits per heavy atom. The lowest BCUT2D eigenvalue weighted by Crippen LogP contribution is -2.47. The zero-order chi connectivity index (χ0) is 9.68. The van der Waals surface area contributed by atoms with Crippen molar-refractivity contribution in [2.45, 2.75) is 0 Å². The smallest absolute Gasteiger partial charge is 0.304 e. The second kappa shape index (κ2) is 5.16. The zero-order valence-corrected chi connectivity index (χ0v) is 8.07. The Labute approximate surface area is 79.0 Å². The third-order valence-corrected chi connectivity index (χ3v) is 2.37. The van der Waals surface area contributed by atoms with Gasteiger partial charge >= 0.3 is 6.41 Å². The van der Waals surface area contributed by atoms with E-state index in [4.69, 9.17) is 5.84 Å². The third-order valence-electron chi connectivity index (χ3n) is 2.37. The van der Waals surface area contributed by atoms with Gasteiger partial charge in [-0.3, -0.25) is 14.7 Å². The van der Waals surface area contributed by atoms with Crippen molar-refractivity contribution in [2.75, 3.05) is 46.3 Å². The Morgan fingerprint density at radius 1 is 1.38 bits per heavy atom. The van der Waals surface area contributed by atoms with E-state index in [2.05, 4.69) is 16.8 Å². The van der Waals surface area contributed by atoms with Crippen molar-refractivity contribution in [3.05, 3.63) is 0 Å². The Hall–Kier alpha value is -0.650. The van der Waals surface area contributed by atoms with Crippen LogP contribution >= 0.6 is 0 Å². The second-order valence-corrected chi connectivity index (χ2v) is 3.43. The fourth-order valence-electron chi connectivity index (χ4n) is 1.37. The number of rotatable bonds is 4. The predicted octanol–water partition coefficient (Wildman–Crippen LogP) is -1.52. The Balaban J connectivity index is 2.12. The van der Waals surface area contributed by atoms with Crippen molar-refractivity contribution in [1.82, 2.24) is 14.8 Å². The summed E-state index contributed by atoms with van der Waals surface area (Å²) in [6.07, 6.45) is 1.64. The van der Waals surface area contributed by atoms with Crippen LogP contribution in [-0.2, 0) is 4.79 Å². The van der Waals surface area contributed by atoms with Gasteiger partial charge in [0.1, 0.15) is 0 Å². The maximum absolute atomic E-state index is 10.1. The maximum Gasteiger partial charge on any atom is 0.327 e. The molecular formula is C8H17N4O. The van der Waals surface area contributed by atoms with Crippen LogP contribution < -0.4 is 5.84 Å². The van der Waals surface area contributed by atoms with Crippen LogP contribution in [0.15, 0.2) is 0 Å². The van der Waals surface area contributed by atoms with Crippen molar-refractivity contribution in [3.8, 4) is 0 Å². The van der Waals surface area contributed by atoms with Crippen LogP contribution in [0.3, 0.4) is 0 Å². The van der Waals surface area contributed by atoms with Crippen LogP contribution in [0.25, 0.3) is 0 Å². The number of hydrogen-bond donors (Lipinski definition) is 1. The summed E-state index contributed by atoms with van der Waals surface area (Å²) in [5.41, 5.74) is 0. The number of nitrogens with two attached hydrogens (primary N) is 1. The SMILES string of the molecule is CN1CCN(CCN(N)[C]=O)CC1. The minimum Gasteiger partial charge on any atom is -0.304 e. The molecule has 0 bridgehead atoms. The Bertz CT molecular complexity index is 156. The minimum atomic E-state index is 0.563. The molecule has 0 spiro atoms. The number of nitrogens with zero attached hydrogens (tertiary/aromatic N) is 3. The molecule has 5 nitrogen and oxygen atoms in total. The first kappa shape index (κ1) is 10.4. The molecule has 1 radical (unpaired) electrons. The van der Waals surface area contributed by atoms with E-state index >= 15 is 0 Å². The maximum atomic E-state index is 10.1. The summed E-state index contributed by atoms with van der Waals surface area (Å²) in [6.45, 7) is 5.71. The van der Waals surface area contributed by atoms with Gasteiger partial charge in [-0.2, -0.15) is 0 Å². The molecule has 2 N–H and O–H groups in total. The lowest BCUT2D eigenvalue weighted by molar-refractivity contribution is 0.146. The van der Waals surface area contributed by atoms with Crippen molar-refractivity contribution in [2.24, 2.45) is 5.84 Å². The number of likely N-dealkylation sites (N-methyl/N-ethyl adjacent to an activating group) is 1. The molecule has 0 atom stereocenters. The topological polar surface area (TPSA) is 52.8 Å². The molecule has 1 fully saturated rings. The number of hydrazine groups is 1. The monoisotopic (exact) mass is 185 g/mol. The van der Waals surface area contributed by atoms with Gasteiger partial charge in [-0.15, -0.1) is 0 Å². The number of carbonyl (C=O) groups excluding carboxylic acids is 1. The normalized spacial score (nSPS) is 20.2. The van der Waals surface area contributed by atoms with Crippen LogP contribution in [-0.4, -0.2) is 67.5 Å². The fraction of sp³-hybridized carbons (Fsp3) is 0.875. The molecule has 0 aliphatic carbocycles. The summed E-state index contributed by atoms with van der Waals surface area (Å²) >= 11 is 0. The Morgan fingerprint density at radius 3 is 2.54 bits per heavy atom. The molecule has 0 unspecified atom stereocenters. The number of piperazine rings is 1. The third kappa shape index (κ3) is 3.71. The van der Waals surface area contributed by atoms with Crippen molar-refractivity contribution in [3.63, 3.8) is 0 Å². The van der Waals surface area contributed by atoms with Gasteiger partial charge in [-0.05, 0) is 7.05 Å². The van der Waals surface area contributed by atoms with Gasteiger partial charge in [0.2, 0.25) is 0 Å². The molecule has 0 aromatic heterocycles. The standard InChI is InChI=1S/C8H17N4O/c1-10-2-4-11(5-3-10)6-7-12(9)8-13/h2-7,9H2,1H3. The molecule has 1 aliphatic heterocycles. The lowest BCUT2D eigenvalue weighted by Gasteiger charge is -2.32. The molecule has 0 saturated carbocycles. The number of amides is 1. The van der Waals surface area contributed by atoms with Crippen LogP contribution in [0, 0.1) is 0 Å². The molecule has 13 heavy (non-hydrogen) atoms. The molecule has 1 aliphatic rings. The van der Waals surface area contributed by atoms with Crippen LogP contribution in [0.5, 0.6) is 0 Å². The highest BCUT2D eigenvalue weighted by atomic mass is 16.1. The molecule has 1 amide bonds. The van der Waals surface area contributed by atoms with Gasteiger partial charge in [0.15, 0.2) is 0 Å². The molecule has 75 valence electrons. The summed E-state index contributed by atoms with van der Waals surface area (Å²) < 4.78 is 0. The zero-order valence-electron chi connectivity index (χ0n) is 8.07. The number of hydrogen-bond acceptors (Lipinski definition) is 4. The van der Waals surface area contributed by atoms with Crippen LogP contribution in [0.2, 0.25) is 0 Å². The highest BCUT2D eigenvalue weighted by Gasteiger charge is 2.13. The quantitative estimate of drug-likeness (QED) is 0.250. The first-order valence-electron chi connectivity index (χ1n) is 4.53. The van der Waals surface area contributed by atoms with Gasteiger partial charge in [0, 0.05) is 32.7 Å². The highest BCUT2D eigenvalue weighted by molar-refractivity contribution is 5.46. The molecule has 1 heterocycles. The average Bonchev–Trinajstić information content (AvgIpc) is 2.16. The summed E-state index contributed by atoms with van der Waals surface area (Å²) in [7, 11) is 2.12. The van der Waals surface area contributed by atoms with Crippen molar-refractivity contribution >= 4 is 6.41 Å². The molecule has 0 aromatic rings. The van der Waals surface area contributed by atoms with E-state index in [-0.39, 0.29) is 0 Å². The molecule has 0 aromatic carbocycles. The summed E-state index contributed by atoms with van der Waals surface area (Å²) in [6, 6.07) is 0. The van der Waals surface area contributed by atoms with Gasteiger partial charge in [0.25, 0.3) is 0 Å². The highest BCUT2D eigenvalue weighted by Crippen LogP contribution is 1.97. The van der Waals surface area contributed by atoms with Gasteiger partial charge < -0.3 is 4.90 Å². The first-order chi connectivity index (χ1) is 6.22. The van der Waals surface area contributed by atoms with E-state index in [1.54, 1.807) is 6.41 Å². The average molecular weight is 185 g/mol. The van der Waals surface area contributed by atoms with Crippen molar-refractivity contribution in [1.29, 1.82) is 0 Å². The second-order valence-electron chi connectivity index (χ2n) is 3.43. The molecule has 5 heteroatoms.